The molecule has 3 heteroatoms. The van der Waals surface area contributed by atoms with Gasteiger partial charge in [0.25, 0.3) is 0 Å². The van der Waals surface area contributed by atoms with Gasteiger partial charge in [0.15, 0.2) is 0 Å². The zero-order valence-corrected chi connectivity index (χ0v) is 7.58. The number of rotatable bonds is 0. The number of aryl methyl sites for hydroxylation is 1. The normalized spacial score (nSPS) is 15.8. The second kappa shape index (κ2) is 2.76. The lowest BCUT2D eigenvalue weighted by Crippen LogP contribution is -2.31. The average molecular weight is 176 g/mol. The molecular weight excluding hydrogens is 164 g/mol. The highest BCUT2D eigenvalue weighted by atomic mass is 16.2. The third-order valence-electron chi connectivity index (χ3n) is 2.45. The molecule has 0 bridgehead atoms. The Bertz CT molecular complexity index is 360. The summed E-state index contributed by atoms with van der Waals surface area (Å²) in [6.45, 7) is 0. The van der Waals surface area contributed by atoms with Gasteiger partial charge in [-0.15, -0.1) is 0 Å². The summed E-state index contributed by atoms with van der Waals surface area (Å²) in [6, 6.07) is 5.67. The Morgan fingerprint density at radius 1 is 1.38 bits per heavy atom. The monoisotopic (exact) mass is 176 g/mol. The Balaban J connectivity index is 2.49. The summed E-state index contributed by atoms with van der Waals surface area (Å²) in [5, 5.41) is 0. The van der Waals surface area contributed by atoms with Crippen molar-refractivity contribution in [1.82, 2.24) is 0 Å². The maximum atomic E-state index is 11.3. The van der Waals surface area contributed by atoms with E-state index in [0.29, 0.717) is 6.42 Å². The van der Waals surface area contributed by atoms with Crippen LogP contribution in [0.3, 0.4) is 0 Å². The highest BCUT2D eigenvalue weighted by Crippen LogP contribution is 2.27. The zero-order chi connectivity index (χ0) is 9.42. The first kappa shape index (κ1) is 8.10. The second-order valence-electron chi connectivity index (χ2n) is 3.34. The number of hydrogen-bond donors (Lipinski definition) is 1. The number of fused-ring (bicyclic) bond motifs is 1. The number of carbonyl (C=O) groups excluding carboxylic acids is 1. The molecule has 2 rings (SSSR count). The Labute approximate surface area is 77.1 Å². The van der Waals surface area contributed by atoms with Crippen LogP contribution in [0.25, 0.3) is 0 Å². The van der Waals surface area contributed by atoms with Crippen LogP contribution < -0.4 is 10.6 Å². The van der Waals surface area contributed by atoms with Gasteiger partial charge < -0.3 is 10.6 Å². The standard InChI is InChI=1S/C10H12N2O/c1-12-9-4-3-8(11)6-7(9)2-5-10(12)13/h3-4,6H,2,5,11H2,1H3. The SMILES string of the molecule is CN1C(=O)CCc2cc(N)ccc21. The molecule has 0 aliphatic carbocycles. The van der Waals surface area contributed by atoms with Crippen LogP contribution >= 0.6 is 0 Å². The summed E-state index contributed by atoms with van der Waals surface area (Å²) in [4.78, 5) is 13.0. The molecule has 1 aliphatic heterocycles. The highest BCUT2D eigenvalue weighted by Gasteiger charge is 2.20. The predicted octanol–water partition coefficient (Wildman–Crippen LogP) is 1.18. The van der Waals surface area contributed by atoms with Crippen LogP contribution in [0.1, 0.15) is 12.0 Å². The third-order valence-corrected chi connectivity index (χ3v) is 2.45. The summed E-state index contributed by atoms with van der Waals surface area (Å²) in [5.74, 6) is 0.178. The minimum Gasteiger partial charge on any atom is -0.399 e. The zero-order valence-electron chi connectivity index (χ0n) is 7.58. The van der Waals surface area contributed by atoms with Crippen LogP contribution in [0.5, 0.6) is 0 Å². The lowest BCUT2D eigenvalue weighted by Gasteiger charge is -2.25. The molecule has 68 valence electrons. The van der Waals surface area contributed by atoms with Crippen LogP contribution in [0.2, 0.25) is 0 Å². The van der Waals surface area contributed by atoms with Gasteiger partial charge >= 0.3 is 0 Å². The molecular formula is C10H12N2O. The van der Waals surface area contributed by atoms with Gasteiger partial charge in [0.2, 0.25) is 5.91 Å². The number of nitrogens with two attached hydrogens (primary N) is 1. The first-order valence-electron chi connectivity index (χ1n) is 4.33. The molecule has 13 heavy (non-hydrogen) atoms. The molecule has 1 amide bonds. The van der Waals surface area contributed by atoms with Crippen molar-refractivity contribution in [3.63, 3.8) is 0 Å². The smallest absolute Gasteiger partial charge is 0.227 e. The predicted molar refractivity (Wildman–Crippen MR) is 52.6 cm³/mol. The highest BCUT2D eigenvalue weighted by molar-refractivity contribution is 5.96. The van der Waals surface area contributed by atoms with Crippen LogP contribution in [-0.2, 0) is 11.2 Å². The van der Waals surface area contributed by atoms with Gasteiger partial charge in [-0.05, 0) is 30.2 Å². The van der Waals surface area contributed by atoms with E-state index < -0.39 is 0 Å². The number of carbonyl (C=O) groups is 1. The van der Waals surface area contributed by atoms with Gasteiger partial charge in [-0.1, -0.05) is 0 Å². The summed E-state index contributed by atoms with van der Waals surface area (Å²) >= 11 is 0. The van der Waals surface area contributed by atoms with E-state index in [2.05, 4.69) is 0 Å². The van der Waals surface area contributed by atoms with Crippen molar-refractivity contribution in [1.29, 1.82) is 0 Å². The minimum atomic E-state index is 0.178. The van der Waals surface area contributed by atoms with Crippen LogP contribution in [0, 0.1) is 0 Å². The fourth-order valence-corrected chi connectivity index (χ4v) is 1.68. The minimum absolute atomic E-state index is 0.178. The van der Waals surface area contributed by atoms with Crippen molar-refractivity contribution in [2.75, 3.05) is 17.7 Å². The molecule has 0 radical (unpaired) electrons. The van der Waals surface area contributed by atoms with Crippen molar-refractivity contribution in [3.8, 4) is 0 Å². The van der Waals surface area contributed by atoms with Crippen molar-refractivity contribution >= 4 is 17.3 Å². The second-order valence-corrected chi connectivity index (χ2v) is 3.34. The van der Waals surface area contributed by atoms with E-state index in [-0.39, 0.29) is 5.91 Å². The summed E-state index contributed by atoms with van der Waals surface area (Å²) < 4.78 is 0. The van der Waals surface area contributed by atoms with Crippen LogP contribution in [0.4, 0.5) is 11.4 Å². The van der Waals surface area contributed by atoms with E-state index in [9.17, 15) is 4.79 Å². The maximum absolute atomic E-state index is 11.3. The fourth-order valence-electron chi connectivity index (χ4n) is 1.68. The van der Waals surface area contributed by atoms with Gasteiger partial charge in [0.05, 0.1) is 0 Å². The summed E-state index contributed by atoms with van der Waals surface area (Å²) in [7, 11) is 1.80. The van der Waals surface area contributed by atoms with Gasteiger partial charge in [-0.2, -0.15) is 0 Å². The number of anilines is 2. The van der Waals surface area contributed by atoms with E-state index in [1.54, 1.807) is 11.9 Å². The molecule has 0 fully saturated rings. The molecule has 1 aliphatic rings. The van der Waals surface area contributed by atoms with Crippen LogP contribution in [0.15, 0.2) is 18.2 Å². The Morgan fingerprint density at radius 3 is 2.92 bits per heavy atom. The lowest BCUT2D eigenvalue weighted by molar-refractivity contribution is -0.118. The third kappa shape index (κ3) is 1.26. The van der Waals surface area contributed by atoms with Crippen LogP contribution in [-0.4, -0.2) is 13.0 Å². The number of amides is 1. The fraction of sp³-hybridized carbons (Fsp3) is 0.300. The van der Waals surface area contributed by atoms with Crippen molar-refractivity contribution < 1.29 is 4.79 Å². The molecule has 0 saturated heterocycles. The Morgan fingerprint density at radius 2 is 2.15 bits per heavy atom. The van der Waals surface area contributed by atoms with E-state index in [4.69, 9.17) is 5.73 Å². The van der Waals surface area contributed by atoms with E-state index in [1.807, 2.05) is 18.2 Å². The topological polar surface area (TPSA) is 46.3 Å². The van der Waals surface area contributed by atoms with Gasteiger partial charge in [-0.3, -0.25) is 4.79 Å². The first-order valence-corrected chi connectivity index (χ1v) is 4.33. The molecule has 0 saturated carbocycles. The van der Waals surface area contributed by atoms with Crippen molar-refractivity contribution in [2.45, 2.75) is 12.8 Å². The summed E-state index contributed by atoms with van der Waals surface area (Å²) in [6.07, 6.45) is 1.40. The molecule has 0 aromatic heterocycles. The molecule has 0 atom stereocenters. The summed E-state index contributed by atoms with van der Waals surface area (Å²) in [5.41, 5.74) is 8.58. The van der Waals surface area contributed by atoms with Gasteiger partial charge in [-0.25, -0.2) is 0 Å². The maximum Gasteiger partial charge on any atom is 0.227 e. The van der Waals surface area contributed by atoms with Gasteiger partial charge in [0, 0.05) is 24.8 Å². The molecule has 3 nitrogen and oxygen atoms in total. The number of nitrogens with zero attached hydrogens (tertiary/aromatic N) is 1. The molecule has 2 N–H and O–H groups in total. The quantitative estimate of drug-likeness (QED) is 0.603. The Hall–Kier alpha value is -1.51. The molecule has 1 aromatic carbocycles. The van der Waals surface area contributed by atoms with E-state index in [1.165, 1.54) is 5.56 Å². The first-order chi connectivity index (χ1) is 6.18. The lowest BCUT2D eigenvalue weighted by atomic mass is 10.0. The average Bonchev–Trinajstić information content (AvgIpc) is 2.12. The van der Waals surface area contributed by atoms with Crippen molar-refractivity contribution in [3.05, 3.63) is 23.8 Å². The molecule has 0 unspecified atom stereocenters. The number of hydrogen-bond acceptors (Lipinski definition) is 2. The Kier molecular flexibility index (Phi) is 1.72. The molecule has 1 aromatic rings. The van der Waals surface area contributed by atoms with E-state index >= 15 is 0 Å². The van der Waals surface area contributed by atoms with Gasteiger partial charge in [0.1, 0.15) is 0 Å². The number of nitrogen functional groups attached to an aromatic ring is 1. The molecule has 0 spiro atoms. The van der Waals surface area contributed by atoms with E-state index in [0.717, 1.165) is 17.8 Å². The largest absolute Gasteiger partial charge is 0.399 e. The van der Waals surface area contributed by atoms with Crippen molar-refractivity contribution in [2.24, 2.45) is 0 Å². The molecule has 1 heterocycles. The number of benzene rings is 1.